The highest BCUT2D eigenvalue weighted by molar-refractivity contribution is 5.74. The topological polar surface area (TPSA) is 59.4 Å². The Hall–Kier alpha value is -2.34. The summed E-state index contributed by atoms with van der Waals surface area (Å²) >= 11 is 0. The van der Waals surface area contributed by atoms with Crippen LogP contribution in [0.1, 0.15) is 18.4 Å². The second kappa shape index (κ2) is 6.88. The van der Waals surface area contributed by atoms with Gasteiger partial charge in [-0.15, -0.1) is 0 Å². The number of nitrogens with zero attached hydrogens (tertiary/aromatic N) is 3. The quantitative estimate of drug-likeness (QED) is 0.928. The maximum atomic E-state index is 12.3. The largest absolute Gasteiger partial charge is 0.381 e. The van der Waals surface area contributed by atoms with Crippen molar-refractivity contribution in [1.29, 1.82) is 0 Å². The van der Waals surface area contributed by atoms with E-state index in [4.69, 9.17) is 4.74 Å². The summed E-state index contributed by atoms with van der Waals surface area (Å²) in [4.78, 5) is 14.3. The van der Waals surface area contributed by atoms with Gasteiger partial charge in [0.15, 0.2) is 0 Å². The highest BCUT2D eigenvalue weighted by Gasteiger charge is 2.42. The predicted molar refractivity (Wildman–Crippen MR) is 94.7 cm³/mol. The maximum Gasteiger partial charge on any atom is 0.317 e. The van der Waals surface area contributed by atoms with Crippen molar-refractivity contribution in [3.05, 3.63) is 48.3 Å². The van der Waals surface area contributed by atoms with E-state index >= 15 is 0 Å². The van der Waals surface area contributed by atoms with Crippen molar-refractivity contribution in [2.24, 2.45) is 5.41 Å². The first-order valence-electron chi connectivity index (χ1n) is 8.94. The molecule has 0 bridgehead atoms. The zero-order valence-electron chi connectivity index (χ0n) is 14.4. The molecule has 0 radical (unpaired) electrons. The average molecular weight is 340 g/mol. The Morgan fingerprint density at radius 3 is 2.88 bits per heavy atom. The van der Waals surface area contributed by atoms with Crippen LogP contribution in [0.3, 0.4) is 0 Å². The van der Waals surface area contributed by atoms with Crippen LogP contribution in [0.25, 0.3) is 5.69 Å². The molecule has 1 aromatic heterocycles. The zero-order chi connectivity index (χ0) is 17.1. The molecular weight excluding hydrogens is 316 g/mol. The Morgan fingerprint density at radius 2 is 2.16 bits per heavy atom. The van der Waals surface area contributed by atoms with Gasteiger partial charge in [-0.25, -0.2) is 9.48 Å². The fraction of sp³-hybridized carbons (Fsp3) is 0.474. The van der Waals surface area contributed by atoms with E-state index in [9.17, 15) is 4.79 Å². The Labute approximate surface area is 147 Å². The number of carbonyl (C=O) groups excluding carboxylic acids is 1. The molecule has 6 nitrogen and oxygen atoms in total. The van der Waals surface area contributed by atoms with Crippen LogP contribution < -0.4 is 5.32 Å². The number of benzene rings is 1. The first-order chi connectivity index (χ1) is 12.2. The smallest absolute Gasteiger partial charge is 0.317 e. The minimum absolute atomic E-state index is 0.0527. The number of hydrogen-bond acceptors (Lipinski definition) is 3. The van der Waals surface area contributed by atoms with E-state index in [1.54, 1.807) is 6.20 Å². The Balaban J connectivity index is 1.24. The van der Waals surface area contributed by atoms with E-state index in [2.05, 4.69) is 34.7 Å². The lowest BCUT2D eigenvalue weighted by Crippen LogP contribution is -2.40. The van der Waals surface area contributed by atoms with Crippen molar-refractivity contribution >= 4 is 6.03 Å². The maximum absolute atomic E-state index is 12.3. The minimum Gasteiger partial charge on any atom is -0.381 e. The molecule has 132 valence electrons. The van der Waals surface area contributed by atoms with Gasteiger partial charge in [0.1, 0.15) is 0 Å². The SMILES string of the molecule is O=C(NCCc1ccc(-n2cccn2)cc1)N1CCC2(CCOC2)C1. The monoisotopic (exact) mass is 340 g/mol. The van der Waals surface area contributed by atoms with Crippen LogP contribution in [0.4, 0.5) is 4.79 Å². The molecule has 2 aliphatic heterocycles. The van der Waals surface area contributed by atoms with E-state index in [-0.39, 0.29) is 11.4 Å². The number of urea groups is 1. The van der Waals surface area contributed by atoms with Crippen molar-refractivity contribution in [1.82, 2.24) is 20.0 Å². The van der Waals surface area contributed by atoms with Gasteiger partial charge in [0.25, 0.3) is 0 Å². The molecule has 2 saturated heterocycles. The van der Waals surface area contributed by atoms with Crippen LogP contribution in [-0.2, 0) is 11.2 Å². The third-order valence-electron chi connectivity index (χ3n) is 5.31. The van der Waals surface area contributed by atoms with Crippen LogP contribution in [0.2, 0.25) is 0 Å². The van der Waals surface area contributed by atoms with E-state index in [1.807, 2.05) is 21.8 Å². The first kappa shape index (κ1) is 16.1. The molecule has 0 saturated carbocycles. The third kappa shape index (κ3) is 3.54. The molecule has 25 heavy (non-hydrogen) atoms. The second-order valence-corrected chi connectivity index (χ2v) is 7.07. The molecule has 1 atom stereocenters. The minimum atomic E-state index is 0.0527. The van der Waals surface area contributed by atoms with Crippen molar-refractivity contribution < 1.29 is 9.53 Å². The summed E-state index contributed by atoms with van der Waals surface area (Å²) in [5, 5.41) is 7.27. The van der Waals surface area contributed by atoms with Gasteiger partial charge >= 0.3 is 6.03 Å². The summed E-state index contributed by atoms with van der Waals surface area (Å²) in [6.45, 7) is 3.97. The lowest BCUT2D eigenvalue weighted by atomic mass is 9.87. The van der Waals surface area contributed by atoms with Gasteiger partial charge in [0.05, 0.1) is 12.3 Å². The van der Waals surface area contributed by atoms with Crippen LogP contribution in [0.15, 0.2) is 42.7 Å². The normalized spacial score (nSPS) is 22.6. The standard InChI is InChI=1S/C19H24N4O2/c24-18(22-12-7-19(14-22)8-13-25-15-19)20-10-6-16-2-4-17(5-3-16)23-11-1-9-21-23/h1-5,9,11H,6-8,10,12-15H2,(H,20,24). The van der Waals surface area contributed by atoms with E-state index in [1.165, 1.54) is 5.56 Å². The Kier molecular flexibility index (Phi) is 4.44. The lowest BCUT2D eigenvalue weighted by molar-refractivity contribution is 0.152. The molecule has 2 fully saturated rings. The molecule has 2 amide bonds. The number of nitrogens with one attached hydrogen (secondary N) is 1. The van der Waals surface area contributed by atoms with Gasteiger partial charge in [-0.3, -0.25) is 0 Å². The van der Waals surface area contributed by atoms with E-state index in [0.717, 1.165) is 51.3 Å². The molecule has 2 aliphatic rings. The average Bonchev–Trinajstić information content (AvgIpc) is 3.39. The highest BCUT2D eigenvalue weighted by Crippen LogP contribution is 2.38. The van der Waals surface area contributed by atoms with Gasteiger partial charge in [-0.05, 0) is 43.0 Å². The summed E-state index contributed by atoms with van der Waals surface area (Å²) < 4.78 is 7.36. The van der Waals surface area contributed by atoms with Crippen molar-refractivity contribution in [2.45, 2.75) is 19.3 Å². The molecule has 1 aromatic carbocycles. The van der Waals surface area contributed by atoms with Crippen LogP contribution >= 0.6 is 0 Å². The third-order valence-corrected chi connectivity index (χ3v) is 5.31. The van der Waals surface area contributed by atoms with Gasteiger partial charge < -0.3 is 15.0 Å². The molecule has 6 heteroatoms. The first-order valence-corrected chi connectivity index (χ1v) is 8.94. The van der Waals surface area contributed by atoms with E-state index < -0.39 is 0 Å². The van der Waals surface area contributed by atoms with E-state index in [0.29, 0.717) is 6.54 Å². The molecule has 3 heterocycles. The number of amides is 2. The fourth-order valence-electron chi connectivity index (χ4n) is 3.74. The van der Waals surface area contributed by atoms with Gasteiger partial charge in [0.2, 0.25) is 0 Å². The summed E-state index contributed by atoms with van der Waals surface area (Å²) in [6, 6.07) is 10.2. The summed E-state index contributed by atoms with van der Waals surface area (Å²) in [5.74, 6) is 0. The molecule has 1 spiro atoms. The van der Waals surface area contributed by atoms with Crippen molar-refractivity contribution in [2.75, 3.05) is 32.8 Å². The number of rotatable bonds is 4. The Bertz CT molecular complexity index is 706. The number of likely N-dealkylation sites (tertiary alicyclic amines) is 1. The number of aromatic nitrogens is 2. The molecule has 0 aliphatic carbocycles. The van der Waals surface area contributed by atoms with Gasteiger partial charge in [-0.2, -0.15) is 5.10 Å². The van der Waals surface area contributed by atoms with Crippen LogP contribution in [-0.4, -0.2) is 53.6 Å². The lowest BCUT2D eigenvalue weighted by Gasteiger charge is -2.22. The molecule has 2 aromatic rings. The number of hydrogen-bond donors (Lipinski definition) is 1. The highest BCUT2D eigenvalue weighted by atomic mass is 16.5. The molecule has 1 N–H and O–H groups in total. The molecule has 4 rings (SSSR count). The van der Waals surface area contributed by atoms with Gasteiger partial charge in [-0.1, -0.05) is 12.1 Å². The molecular formula is C19H24N4O2. The fourth-order valence-corrected chi connectivity index (χ4v) is 3.74. The zero-order valence-corrected chi connectivity index (χ0v) is 14.4. The summed E-state index contributed by atoms with van der Waals surface area (Å²) in [7, 11) is 0. The molecule has 1 unspecified atom stereocenters. The second-order valence-electron chi connectivity index (χ2n) is 7.07. The number of ether oxygens (including phenoxy) is 1. The summed E-state index contributed by atoms with van der Waals surface area (Å²) in [5.41, 5.74) is 2.47. The van der Waals surface area contributed by atoms with Crippen molar-refractivity contribution in [3.8, 4) is 5.69 Å². The predicted octanol–water partition coefficient (Wildman–Crippen LogP) is 2.24. The Morgan fingerprint density at radius 1 is 1.28 bits per heavy atom. The van der Waals surface area contributed by atoms with Crippen LogP contribution in [0, 0.1) is 5.41 Å². The number of carbonyl (C=O) groups is 1. The van der Waals surface area contributed by atoms with Gasteiger partial charge in [0, 0.05) is 44.0 Å². The van der Waals surface area contributed by atoms with Crippen molar-refractivity contribution in [3.63, 3.8) is 0 Å². The van der Waals surface area contributed by atoms with Crippen LogP contribution in [0.5, 0.6) is 0 Å². The summed E-state index contributed by atoms with van der Waals surface area (Å²) in [6.07, 6.45) is 6.67.